The van der Waals surface area contributed by atoms with Gasteiger partial charge >= 0.3 is 0 Å². The molecule has 0 amide bonds. The zero-order valence-corrected chi connectivity index (χ0v) is 26.4. The molecule has 0 atom stereocenters. The molecule has 45 heavy (non-hydrogen) atoms. The topological polar surface area (TPSA) is 25.8 Å². The van der Waals surface area contributed by atoms with Crippen molar-refractivity contribution in [3.63, 3.8) is 0 Å². The van der Waals surface area contributed by atoms with Gasteiger partial charge in [-0.05, 0) is 49.8 Å². The van der Waals surface area contributed by atoms with Gasteiger partial charge in [0.25, 0.3) is 0 Å². The fourth-order valence-corrected chi connectivity index (χ4v) is 10.4. The maximum Gasteiger partial charge on any atom is 0.161 e. The van der Waals surface area contributed by atoms with Gasteiger partial charge in [-0.15, -0.1) is 0 Å². The van der Waals surface area contributed by atoms with Gasteiger partial charge in [0.2, 0.25) is 0 Å². The average molecular weight is 593 g/mol. The maximum atomic E-state index is 5.12. The summed E-state index contributed by atoms with van der Waals surface area (Å²) in [7, 11) is -1.82. The van der Waals surface area contributed by atoms with Crippen LogP contribution in [0, 0.1) is 0 Å². The second-order valence-electron chi connectivity index (χ2n) is 12.2. The normalized spacial score (nSPS) is 12.8. The number of aromatic nitrogens is 2. The van der Waals surface area contributed by atoms with Gasteiger partial charge in [0, 0.05) is 16.7 Å². The summed E-state index contributed by atoms with van der Waals surface area (Å²) >= 11 is 0. The number of nitrogens with zero attached hydrogens (tertiary/aromatic N) is 2. The lowest BCUT2D eigenvalue weighted by molar-refractivity contribution is 1.18. The van der Waals surface area contributed by atoms with Crippen LogP contribution in [0.4, 0.5) is 0 Å². The van der Waals surface area contributed by atoms with Crippen molar-refractivity contribution in [3.05, 3.63) is 158 Å². The van der Waals surface area contributed by atoms with Crippen LogP contribution in [0.25, 0.3) is 67.3 Å². The summed E-state index contributed by atoms with van der Waals surface area (Å²) in [6, 6.07) is 56.2. The second-order valence-corrected chi connectivity index (χ2v) is 16.5. The molecular formula is C42H32N2Si. The van der Waals surface area contributed by atoms with E-state index in [1.807, 2.05) is 12.1 Å². The Morgan fingerprint density at radius 3 is 1.47 bits per heavy atom. The highest BCUT2D eigenvalue weighted by molar-refractivity contribution is 7.04. The fraction of sp³-hybridized carbons (Fsp3) is 0.0476. The van der Waals surface area contributed by atoms with E-state index in [4.69, 9.17) is 9.97 Å². The first kappa shape index (κ1) is 27.2. The molecule has 2 nitrogen and oxygen atoms in total. The van der Waals surface area contributed by atoms with Gasteiger partial charge in [0.15, 0.2) is 5.82 Å². The molecule has 0 unspecified atom stereocenters. The number of benzene rings is 6. The summed E-state index contributed by atoms with van der Waals surface area (Å²) in [5.41, 5.74) is 12.7. The van der Waals surface area contributed by atoms with Crippen molar-refractivity contribution in [2.45, 2.75) is 13.1 Å². The number of hydrogen-bond donors (Lipinski definition) is 0. The lowest BCUT2D eigenvalue weighted by Crippen LogP contribution is -2.50. The molecule has 1 aromatic heterocycles. The third kappa shape index (κ3) is 4.73. The van der Waals surface area contributed by atoms with Gasteiger partial charge in [-0.3, -0.25) is 0 Å². The van der Waals surface area contributed by atoms with Crippen molar-refractivity contribution >= 4 is 18.4 Å². The highest BCUT2D eigenvalue weighted by atomic mass is 28.3. The van der Waals surface area contributed by atoms with Crippen LogP contribution in [0.2, 0.25) is 13.1 Å². The van der Waals surface area contributed by atoms with Crippen LogP contribution in [0.1, 0.15) is 0 Å². The summed E-state index contributed by atoms with van der Waals surface area (Å²) < 4.78 is 0. The molecular weight excluding hydrogens is 561 g/mol. The van der Waals surface area contributed by atoms with E-state index in [-0.39, 0.29) is 0 Å². The van der Waals surface area contributed by atoms with Crippen LogP contribution in [-0.4, -0.2) is 18.0 Å². The lowest BCUT2D eigenvalue weighted by Gasteiger charge is -2.22. The minimum atomic E-state index is -1.82. The monoisotopic (exact) mass is 592 g/mol. The van der Waals surface area contributed by atoms with E-state index in [1.165, 1.54) is 27.4 Å². The number of rotatable bonds is 5. The van der Waals surface area contributed by atoms with Crippen LogP contribution < -0.4 is 10.4 Å². The average Bonchev–Trinajstić information content (AvgIpc) is 3.35. The van der Waals surface area contributed by atoms with Crippen molar-refractivity contribution in [3.8, 4) is 67.3 Å². The molecule has 3 heteroatoms. The largest absolute Gasteiger partial charge is 0.228 e. The maximum absolute atomic E-state index is 5.12. The van der Waals surface area contributed by atoms with Crippen molar-refractivity contribution < 1.29 is 0 Å². The van der Waals surface area contributed by atoms with Crippen molar-refractivity contribution in [1.82, 2.24) is 9.97 Å². The minimum absolute atomic E-state index is 0.723. The molecule has 2 heterocycles. The summed E-state index contributed by atoms with van der Waals surface area (Å²) in [5, 5.41) is 3.07. The Balaban J connectivity index is 1.22. The summed E-state index contributed by atoms with van der Waals surface area (Å²) in [6.45, 7) is 4.97. The summed E-state index contributed by atoms with van der Waals surface area (Å²) in [4.78, 5) is 10.2. The van der Waals surface area contributed by atoms with Crippen molar-refractivity contribution in [1.29, 1.82) is 0 Å². The highest BCUT2D eigenvalue weighted by Gasteiger charge is 2.39. The van der Waals surface area contributed by atoms with Gasteiger partial charge in [0.05, 0.1) is 11.4 Å². The standard InChI is InChI=1S/C42H32N2Si/c1-45(2)40-23-12-11-19-35(40)36-22-13-21-34(41(36)45)30-26-24-29(25-27-30)33-18-9-10-20-37(33)42-43-38(31-14-5-3-6-15-31)28-39(44-42)32-16-7-4-8-17-32/h3-28H,1-2H3. The summed E-state index contributed by atoms with van der Waals surface area (Å²) in [5.74, 6) is 0.723. The SMILES string of the molecule is C[Si]1(C)c2ccccc2-c2cccc(-c3ccc(-c4ccccc4-c4nc(-c5ccccc5)cc(-c5ccccc5)n4)cc3)c21. The molecule has 214 valence electrons. The molecule has 0 saturated heterocycles. The zero-order valence-electron chi connectivity index (χ0n) is 25.4. The van der Waals surface area contributed by atoms with E-state index in [1.54, 1.807) is 5.19 Å². The molecule has 0 bridgehead atoms. The lowest BCUT2D eigenvalue weighted by atomic mass is 9.95. The molecule has 1 aliphatic heterocycles. The fourth-order valence-electron chi connectivity index (χ4n) is 6.93. The molecule has 0 radical (unpaired) electrons. The quantitative estimate of drug-likeness (QED) is 0.186. The molecule has 0 aliphatic carbocycles. The van der Waals surface area contributed by atoms with E-state index in [2.05, 4.69) is 159 Å². The van der Waals surface area contributed by atoms with E-state index in [0.717, 1.165) is 45.0 Å². The van der Waals surface area contributed by atoms with Crippen LogP contribution in [0.15, 0.2) is 158 Å². The van der Waals surface area contributed by atoms with E-state index in [9.17, 15) is 0 Å². The first-order valence-electron chi connectivity index (χ1n) is 15.5. The van der Waals surface area contributed by atoms with E-state index < -0.39 is 8.07 Å². The number of fused-ring (bicyclic) bond motifs is 3. The molecule has 0 saturated carbocycles. The molecule has 7 aromatic rings. The first-order valence-corrected chi connectivity index (χ1v) is 18.5. The Morgan fingerprint density at radius 2 is 0.844 bits per heavy atom. The van der Waals surface area contributed by atoms with Crippen LogP contribution >= 0.6 is 0 Å². The van der Waals surface area contributed by atoms with Gasteiger partial charge in [0.1, 0.15) is 8.07 Å². The Morgan fingerprint density at radius 1 is 0.378 bits per heavy atom. The Labute approximate surface area is 265 Å². The van der Waals surface area contributed by atoms with Crippen LogP contribution in [0.5, 0.6) is 0 Å². The van der Waals surface area contributed by atoms with Crippen LogP contribution in [-0.2, 0) is 0 Å². The molecule has 0 N–H and O–H groups in total. The minimum Gasteiger partial charge on any atom is -0.228 e. The first-order chi connectivity index (χ1) is 22.1. The molecule has 0 fully saturated rings. The predicted octanol–water partition coefficient (Wildman–Crippen LogP) is 9.61. The molecule has 0 spiro atoms. The molecule has 8 rings (SSSR count). The van der Waals surface area contributed by atoms with E-state index >= 15 is 0 Å². The van der Waals surface area contributed by atoms with E-state index in [0.29, 0.717) is 0 Å². The third-order valence-corrected chi connectivity index (χ3v) is 12.7. The molecule has 1 aliphatic rings. The Bertz CT molecular complexity index is 2110. The Kier molecular flexibility index (Phi) is 6.62. The van der Waals surface area contributed by atoms with Crippen molar-refractivity contribution in [2.75, 3.05) is 0 Å². The van der Waals surface area contributed by atoms with Gasteiger partial charge in [-0.1, -0.05) is 165 Å². The number of hydrogen-bond acceptors (Lipinski definition) is 2. The van der Waals surface area contributed by atoms with Crippen molar-refractivity contribution in [2.24, 2.45) is 0 Å². The zero-order chi connectivity index (χ0) is 30.4. The Hall–Kier alpha value is -5.38. The highest BCUT2D eigenvalue weighted by Crippen LogP contribution is 2.36. The molecule has 6 aromatic carbocycles. The van der Waals surface area contributed by atoms with Crippen LogP contribution in [0.3, 0.4) is 0 Å². The second kappa shape index (κ2) is 11.0. The summed E-state index contributed by atoms with van der Waals surface area (Å²) in [6.07, 6.45) is 0. The van der Waals surface area contributed by atoms with Gasteiger partial charge in [-0.25, -0.2) is 9.97 Å². The smallest absolute Gasteiger partial charge is 0.161 e. The van der Waals surface area contributed by atoms with Gasteiger partial charge < -0.3 is 0 Å². The van der Waals surface area contributed by atoms with Gasteiger partial charge in [-0.2, -0.15) is 0 Å². The third-order valence-electron chi connectivity index (χ3n) is 9.12. The predicted molar refractivity (Wildman–Crippen MR) is 191 cm³/mol.